The van der Waals surface area contributed by atoms with Crippen LogP contribution in [0.4, 0.5) is 0 Å². The highest BCUT2D eigenvalue weighted by Crippen LogP contribution is 2.20. The number of rotatable bonds is 5. The normalized spacial score (nSPS) is 18.2. The van der Waals surface area contributed by atoms with Crippen LogP contribution < -0.4 is 0 Å². The minimum Gasteiger partial charge on any atom is -0.390 e. The van der Waals surface area contributed by atoms with Crippen molar-refractivity contribution in [1.82, 2.24) is 14.8 Å². The minimum absolute atomic E-state index is 0.00211. The van der Waals surface area contributed by atoms with Crippen LogP contribution in [0.1, 0.15) is 54.9 Å². The third kappa shape index (κ3) is 4.77. The summed E-state index contributed by atoms with van der Waals surface area (Å²) < 4.78 is 0. The van der Waals surface area contributed by atoms with Crippen molar-refractivity contribution in [1.29, 1.82) is 0 Å². The maximum absolute atomic E-state index is 12.6. The van der Waals surface area contributed by atoms with E-state index in [9.17, 15) is 14.7 Å². The molecule has 0 saturated carbocycles. The molecule has 0 aliphatic carbocycles. The van der Waals surface area contributed by atoms with Crippen LogP contribution in [0.25, 0.3) is 0 Å². The van der Waals surface area contributed by atoms with E-state index in [-0.39, 0.29) is 18.2 Å². The Labute approximate surface area is 147 Å². The first kappa shape index (κ1) is 18.9. The number of aryl methyl sites for hydroxylation is 1. The lowest BCUT2D eigenvalue weighted by Gasteiger charge is -2.27. The van der Waals surface area contributed by atoms with Gasteiger partial charge in [0, 0.05) is 26.2 Å². The zero-order chi connectivity index (χ0) is 17.7. The summed E-state index contributed by atoms with van der Waals surface area (Å²) in [6, 6.07) is 0. The van der Waals surface area contributed by atoms with E-state index < -0.39 is 5.60 Å². The van der Waals surface area contributed by atoms with Gasteiger partial charge in [-0.25, -0.2) is 4.98 Å². The van der Waals surface area contributed by atoms with Crippen molar-refractivity contribution >= 4 is 23.2 Å². The Balaban J connectivity index is 1.94. The second kappa shape index (κ2) is 8.07. The van der Waals surface area contributed by atoms with Crippen LogP contribution >= 0.6 is 11.3 Å². The maximum Gasteiger partial charge on any atom is 0.265 e. The highest BCUT2D eigenvalue weighted by Gasteiger charge is 2.29. The molecule has 1 aliphatic heterocycles. The number of aliphatic hydroxyl groups is 1. The molecule has 1 atom stereocenters. The highest BCUT2D eigenvalue weighted by molar-refractivity contribution is 7.11. The number of amides is 2. The average molecular weight is 353 g/mol. The molecule has 2 heterocycles. The van der Waals surface area contributed by atoms with E-state index in [1.54, 1.807) is 22.2 Å². The number of aromatic nitrogens is 1. The molecular weight excluding hydrogens is 326 g/mol. The van der Waals surface area contributed by atoms with Gasteiger partial charge in [-0.15, -0.1) is 11.3 Å². The van der Waals surface area contributed by atoms with Crippen LogP contribution in [-0.4, -0.2) is 63.5 Å². The van der Waals surface area contributed by atoms with Crippen LogP contribution in [0.2, 0.25) is 0 Å². The van der Waals surface area contributed by atoms with E-state index >= 15 is 0 Å². The number of carbonyl (C=O) groups excluding carboxylic acids is 2. The van der Waals surface area contributed by atoms with Gasteiger partial charge >= 0.3 is 0 Å². The molecular formula is C17H27N3O3S. The van der Waals surface area contributed by atoms with Gasteiger partial charge in [0.2, 0.25) is 5.91 Å². The van der Waals surface area contributed by atoms with Crippen molar-refractivity contribution in [2.24, 2.45) is 0 Å². The smallest absolute Gasteiger partial charge is 0.265 e. The molecule has 6 nitrogen and oxygen atoms in total. The lowest BCUT2D eigenvalue weighted by molar-refractivity contribution is -0.136. The third-order valence-electron chi connectivity index (χ3n) is 4.40. The quantitative estimate of drug-likeness (QED) is 0.879. The zero-order valence-corrected chi connectivity index (χ0v) is 15.6. The zero-order valence-electron chi connectivity index (χ0n) is 14.7. The number of carbonyl (C=O) groups is 2. The number of nitrogens with zero attached hydrogens (tertiary/aromatic N) is 3. The van der Waals surface area contributed by atoms with Gasteiger partial charge in [0.1, 0.15) is 4.88 Å². The lowest BCUT2D eigenvalue weighted by atomic mass is 9.96. The Bertz CT molecular complexity index is 585. The summed E-state index contributed by atoms with van der Waals surface area (Å²) in [4.78, 5) is 33.4. The predicted octanol–water partition coefficient (Wildman–Crippen LogP) is 2.07. The Hall–Kier alpha value is -1.47. The molecule has 1 aliphatic rings. The second-order valence-electron chi connectivity index (χ2n) is 6.72. The SMILES string of the molecule is CCCC(C)(O)CC(=O)N1CCCN(C(=O)c2scnc2C)CC1. The summed E-state index contributed by atoms with van der Waals surface area (Å²) in [7, 11) is 0. The van der Waals surface area contributed by atoms with Gasteiger partial charge in [0.05, 0.1) is 23.2 Å². The van der Waals surface area contributed by atoms with Crippen molar-refractivity contribution in [3.63, 3.8) is 0 Å². The van der Waals surface area contributed by atoms with Gasteiger partial charge in [-0.1, -0.05) is 13.3 Å². The molecule has 1 unspecified atom stereocenters. The fourth-order valence-corrected chi connectivity index (χ4v) is 3.85. The van der Waals surface area contributed by atoms with Gasteiger partial charge in [-0.3, -0.25) is 9.59 Å². The van der Waals surface area contributed by atoms with Crippen molar-refractivity contribution in [3.05, 3.63) is 16.1 Å². The van der Waals surface area contributed by atoms with Crippen molar-refractivity contribution in [2.75, 3.05) is 26.2 Å². The van der Waals surface area contributed by atoms with Gasteiger partial charge in [-0.05, 0) is 26.7 Å². The van der Waals surface area contributed by atoms with Gasteiger partial charge in [0.25, 0.3) is 5.91 Å². The molecule has 0 aromatic carbocycles. The fraction of sp³-hybridized carbons (Fsp3) is 0.706. The van der Waals surface area contributed by atoms with Crippen LogP contribution in [0, 0.1) is 6.92 Å². The molecule has 2 amide bonds. The number of hydrogen-bond acceptors (Lipinski definition) is 5. The number of thiazole rings is 1. The molecule has 24 heavy (non-hydrogen) atoms. The summed E-state index contributed by atoms with van der Waals surface area (Å²) in [5.74, 6) is -0.0287. The molecule has 1 fully saturated rings. The predicted molar refractivity (Wildman–Crippen MR) is 94.1 cm³/mol. The van der Waals surface area contributed by atoms with E-state index in [2.05, 4.69) is 4.98 Å². The van der Waals surface area contributed by atoms with Crippen molar-refractivity contribution < 1.29 is 14.7 Å². The first-order valence-corrected chi connectivity index (χ1v) is 9.41. The molecule has 0 radical (unpaired) electrons. The van der Waals surface area contributed by atoms with Gasteiger partial charge in [0.15, 0.2) is 0 Å². The first-order valence-electron chi connectivity index (χ1n) is 8.53. The summed E-state index contributed by atoms with van der Waals surface area (Å²) in [5.41, 5.74) is 1.50. The van der Waals surface area contributed by atoms with E-state index in [0.717, 1.165) is 18.5 Å². The Morgan fingerprint density at radius 2 is 1.96 bits per heavy atom. The summed E-state index contributed by atoms with van der Waals surface area (Å²) in [6.07, 6.45) is 2.35. The minimum atomic E-state index is -0.951. The summed E-state index contributed by atoms with van der Waals surface area (Å²) in [6.45, 7) is 7.87. The Morgan fingerprint density at radius 3 is 2.58 bits per heavy atom. The molecule has 1 N–H and O–H groups in total. The molecule has 0 spiro atoms. The van der Waals surface area contributed by atoms with Crippen molar-refractivity contribution in [3.8, 4) is 0 Å². The molecule has 1 aromatic rings. The van der Waals surface area contributed by atoms with Gasteiger partial charge < -0.3 is 14.9 Å². The molecule has 1 saturated heterocycles. The van der Waals surface area contributed by atoms with Crippen LogP contribution in [0.3, 0.4) is 0 Å². The molecule has 134 valence electrons. The molecule has 1 aromatic heterocycles. The summed E-state index contributed by atoms with van der Waals surface area (Å²) in [5, 5.41) is 10.3. The first-order chi connectivity index (χ1) is 11.3. The maximum atomic E-state index is 12.6. The van der Waals surface area contributed by atoms with E-state index in [1.165, 1.54) is 11.3 Å². The molecule has 7 heteroatoms. The Morgan fingerprint density at radius 1 is 1.29 bits per heavy atom. The lowest BCUT2D eigenvalue weighted by Crippen LogP contribution is -2.40. The molecule has 2 rings (SSSR count). The summed E-state index contributed by atoms with van der Waals surface area (Å²) >= 11 is 1.36. The standard InChI is InChI=1S/C17H27N3O3S/c1-4-6-17(3,23)11-14(21)19-7-5-8-20(10-9-19)16(22)15-13(2)18-12-24-15/h12,23H,4-11H2,1-3H3. The topological polar surface area (TPSA) is 73.7 Å². The monoisotopic (exact) mass is 353 g/mol. The van der Waals surface area contributed by atoms with Crippen LogP contribution in [0.5, 0.6) is 0 Å². The van der Waals surface area contributed by atoms with Crippen molar-refractivity contribution in [2.45, 2.75) is 52.1 Å². The number of hydrogen-bond donors (Lipinski definition) is 1. The second-order valence-corrected chi connectivity index (χ2v) is 7.57. The average Bonchev–Trinajstić information content (AvgIpc) is 2.79. The van der Waals surface area contributed by atoms with E-state index in [4.69, 9.17) is 0 Å². The fourth-order valence-electron chi connectivity index (χ4n) is 3.09. The third-order valence-corrected chi connectivity index (χ3v) is 5.31. The molecule has 0 bridgehead atoms. The van der Waals surface area contributed by atoms with Crippen LogP contribution in [-0.2, 0) is 4.79 Å². The van der Waals surface area contributed by atoms with E-state index in [0.29, 0.717) is 37.5 Å². The van der Waals surface area contributed by atoms with Crippen LogP contribution in [0.15, 0.2) is 5.51 Å². The highest BCUT2D eigenvalue weighted by atomic mass is 32.1. The largest absolute Gasteiger partial charge is 0.390 e. The van der Waals surface area contributed by atoms with E-state index in [1.807, 2.05) is 13.8 Å². The Kier molecular flexibility index (Phi) is 6.34. The van der Waals surface area contributed by atoms with Gasteiger partial charge in [-0.2, -0.15) is 0 Å².